The van der Waals surface area contributed by atoms with Crippen molar-refractivity contribution < 1.29 is 29.0 Å². The topological polar surface area (TPSA) is 101 Å². The van der Waals surface area contributed by atoms with E-state index < -0.39 is 23.7 Å². The quantitative estimate of drug-likeness (QED) is 0.647. The Morgan fingerprint density at radius 2 is 1.95 bits per heavy atom. The van der Waals surface area contributed by atoms with Gasteiger partial charge in [0.2, 0.25) is 0 Å². The number of aliphatic carboxylic acids is 1. The van der Waals surface area contributed by atoms with E-state index in [1.54, 1.807) is 12.1 Å². The third-order valence-electron chi connectivity index (χ3n) is 2.53. The molecular formula is C13H9NO6S. The van der Waals surface area contributed by atoms with E-state index in [0.717, 1.165) is 0 Å². The minimum absolute atomic E-state index is 0.144. The Hall–Kier alpha value is -2.61. The Balaban J connectivity index is 2.18. The Kier molecular flexibility index (Phi) is 4.39. The molecule has 1 aromatic carbocycles. The Bertz CT molecular complexity index is 637. The molecule has 2 rings (SSSR count). The number of amides is 2. The Labute approximate surface area is 123 Å². The summed E-state index contributed by atoms with van der Waals surface area (Å²) in [6.07, 6.45) is 1.47. The first-order valence-corrected chi connectivity index (χ1v) is 6.50. The van der Waals surface area contributed by atoms with Crippen molar-refractivity contribution in [1.82, 2.24) is 4.90 Å². The monoisotopic (exact) mass is 307 g/mol. The molecule has 1 saturated heterocycles. The second-order valence-corrected chi connectivity index (χ2v) is 4.94. The first-order chi connectivity index (χ1) is 10.0. The predicted molar refractivity (Wildman–Crippen MR) is 73.4 cm³/mol. The van der Waals surface area contributed by atoms with Crippen molar-refractivity contribution in [1.29, 1.82) is 0 Å². The van der Waals surface area contributed by atoms with E-state index in [0.29, 0.717) is 34.4 Å². The molecule has 2 amide bonds. The van der Waals surface area contributed by atoms with E-state index in [1.807, 2.05) is 0 Å². The van der Waals surface area contributed by atoms with Gasteiger partial charge >= 0.3 is 5.97 Å². The van der Waals surface area contributed by atoms with Crippen molar-refractivity contribution in [2.75, 3.05) is 6.54 Å². The molecule has 1 aliphatic rings. The summed E-state index contributed by atoms with van der Waals surface area (Å²) >= 11 is 0.681. The van der Waals surface area contributed by atoms with E-state index in [1.165, 1.54) is 18.2 Å². The lowest BCUT2D eigenvalue weighted by atomic mass is 10.2. The molecule has 1 heterocycles. The summed E-state index contributed by atoms with van der Waals surface area (Å²) < 4.78 is 4.63. The van der Waals surface area contributed by atoms with Crippen LogP contribution in [0.4, 0.5) is 4.79 Å². The number of ether oxygens (including phenoxy) is 1. The normalized spacial score (nSPS) is 16.4. The molecule has 0 spiro atoms. The van der Waals surface area contributed by atoms with Crippen molar-refractivity contribution in [2.45, 2.75) is 0 Å². The van der Waals surface area contributed by atoms with Gasteiger partial charge in [0.15, 0.2) is 0 Å². The van der Waals surface area contributed by atoms with Crippen LogP contribution < -0.4 is 4.74 Å². The maximum atomic E-state index is 11.9. The van der Waals surface area contributed by atoms with Gasteiger partial charge in [-0.3, -0.25) is 24.1 Å². The molecule has 8 heteroatoms. The number of carbonyl (C=O) groups is 4. The summed E-state index contributed by atoms with van der Waals surface area (Å²) in [4.78, 5) is 45.0. The number of benzene rings is 1. The number of thioether (sulfide) groups is 1. The van der Waals surface area contributed by atoms with Crippen LogP contribution in [0, 0.1) is 0 Å². The van der Waals surface area contributed by atoms with Gasteiger partial charge < -0.3 is 9.84 Å². The summed E-state index contributed by atoms with van der Waals surface area (Å²) in [5, 5.41) is 8.03. The molecule has 0 aliphatic carbocycles. The second-order valence-electron chi connectivity index (χ2n) is 3.94. The lowest BCUT2D eigenvalue weighted by Crippen LogP contribution is -2.33. The summed E-state index contributed by atoms with van der Waals surface area (Å²) in [6, 6.07) is 6.26. The van der Waals surface area contributed by atoms with Gasteiger partial charge in [-0.1, -0.05) is 12.1 Å². The highest BCUT2D eigenvalue weighted by molar-refractivity contribution is 8.18. The molecule has 0 radical (unpaired) electrons. The molecule has 1 aromatic rings. The van der Waals surface area contributed by atoms with E-state index in [9.17, 15) is 19.2 Å². The second kappa shape index (κ2) is 6.23. The zero-order chi connectivity index (χ0) is 15.4. The van der Waals surface area contributed by atoms with Crippen molar-refractivity contribution in [3.05, 3.63) is 34.7 Å². The number of carboxylic acid groups (broad SMARTS) is 1. The van der Waals surface area contributed by atoms with Crippen LogP contribution in [-0.4, -0.2) is 40.1 Å². The van der Waals surface area contributed by atoms with Crippen LogP contribution in [0.1, 0.15) is 5.56 Å². The van der Waals surface area contributed by atoms with Crippen LogP contribution in [-0.2, 0) is 14.4 Å². The fraction of sp³-hybridized carbons (Fsp3) is 0.0769. The number of carbonyl (C=O) groups excluding carboxylic acids is 3. The SMILES string of the molecule is O=COc1ccc(/C=C2\SC(=O)N(CC(=O)O)C2=O)cc1. The summed E-state index contributed by atoms with van der Waals surface area (Å²) in [7, 11) is 0. The fourth-order valence-corrected chi connectivity index (χ4v) is 2.46. The minimum Gasteiger partial charge on any atom is -0.480 e. The molecule has 108 valence electrons. The van der Waals surface area contributed by atoms with Crippen LogP contribution in [0.2, 0.25) is 0 Å². The molecule has 21 heavy (non-hydrogen) atoms. The zero-order valence-electron chi connectivity index (χ0n) is 10.5. The van der Waals surface area contributed by atoms with Crippen molar-refractivity contribution in [3.63, 3.8) is 0 Å². The van der Waals surface area contributed by atoms with Gasteiger partial charge in [-0.05, 0) is 35.5 Å². The number of carboxylic acids is 1. The molecule has 0 aromatic heterocycles. The number of rotatable bonds is 5. The first-order valence-electron chi connectivity index (χ1n) is 5.69. The maximum absolute atomic E-state index is 11.9. The van der Waals surface area contributed by atoms with Crippen LogP contribution in [0.25, 0.3) is 6.08 Å². The van der Waals surface area contributed by atoms with Crippen LogP contribution in [0.15, 0.2) is 29.2 Å². The third kappa shape index (κ3) is 3.48. The fourth-order valence-electron chi connectivity index (χ4n) is 1.62. The number of nitrogens with zero attached hydrogens (tertiary/aromatic N) is 1. The van der Waals surface area contributed by atoms with Gasteiger partial charge in [-0.25, -0.2) is 0 Å². The van der Waals surface area contributed by atoms with Gasteiger partial charge in [0, 0.05) is 0 Å². The summed E-state index contributed by atoms with van der Waals surface area (Å²) in [5.41, 5.74) is 0.620. The molecule has 7 nitrogen and oxygen atoms in total. The molecule has 0 unspecified atom stereocenters. The van der Waals surface area contributed by atoms with Gasteiger partial charge in [-0.2, -0.15) is 0 Å². The number of imide groups is 1. The predicted octanol–water partition coefficient (Wildman–Crippen LogP) is 1.34. The molecule has 1 N–H and O–H groups in total. The van der Waals surface area contributed by atoms with Crippen LogP contribution in [0.5, 0.6) is 5.75 Å². The third-order valence-corrected chi connectivity index (χ3v) is 3.44. The smallest absolute Gasteiger partial charge is 0.323 e. The molecule has 0 saturated carbocycles. The highest BCUT2D eigenvalue weighted by Crippen LogP contribution is 2.32. The van der Waals surface area contributed by atoms with Gasteiger partial charge in [0.1, 0.15) is 12.3 Å². The molecule has 0 bridgehead atoms. The molecule has 1 fully saturated rings. The average Bonchev–Trinajstić information content (AvgIpc) is 2.69. The lowest BCUT2D eigenvalue weighted by Gasteiger charge is -2.07. The zero-order valence-corrected chi connectivity index (χ0v) is 11.3. The van der Waals surface area contributed by atoms with Crippen LogP contribution in [0.3, 0.4) is 0 Å². The highest BCUT2D eigenvalue weighted by Gasteiger charge is 2.36. The molecule has 0 atom stereocenters. The number of hydrogen-bond donors (Lipinski definition) is 1. The average molecular weight is 307 g/mol. The summed E-state index contributed by atoms with van der Waals surface area (Å²) in [5.74, 6) is -1.55. The van der Waals surface area contributed by atoms with Crippen molar-refractivity contribution >= 4 is 41.4 Å². The maximum Gasteiger partial charge on any atom is 0.323 e. The first kappa shape index (κ1) is 14.8. The molecular weight excluding hydrogens is 298 g/mol. The van der Waals surface area contributed by atoms with E-state index in [2.05, 4.69) is 4.74 Å². The Morgan fingerprint density at radius 3 is 2.52 bits per heavy atom. The van der Waals surface area contributed by atoms with E-state index in [4.69, 9.17) is 5.11 Å². The standard InChI is InChI=1S/C13H9NO6S/c15-7-20-9-3-1-8(2-4-9)5-10-12(18)14(6-11(16)17)13(19)21-10/h1-5,7H,6H2,(H,16,17)/b10-5-. The van der Waals surface area contributed by atoms with Gasteiger partial charge in [-0.15, -0.1) is 0 Å². The Morgan fingerprint density at radius 1 is 1.29 bits per heavy atom. The minimum atomic E-state index is -1.26. The number of hydrogen-bond acceptors (Lipinski definition) is 6. The van der Waals surface area contributed by atoms with Gasteiger partial charge in [0.05, 0.1) is 4.91 Å². The summed E-state index contributed by atoms with van der Waals surface area (Å²) in [6.45, 7) is -0.361. The van der Waals surface area contributed by atoms with E-state index >= 15 is 0 Å². The lowest BCUT2D eigenvalue weighted by molar-refractivity contribution is -0.140. The van der Waals surface area contributed by atoms with Crippen molar-refractivity contribution in [3.8, 4) is 5.75 Å². The largest absolute Gasteiger partial charge is 0.480 e. The van der Waals surface area contributed by atoms with Crippen molar-refractivity contribution in [2.24, 2.45) is 0 Å². The van der Waals surface area contributed by atoms with Gasteiger partial charge in [0.25, 0.3) is 17.6 Å². The molecule has 1 aliphatic heterocycles. The van der Waals surface area contributed by atoms with Crippen LogP contribution >= 0.6 is 11.8 Å². The highest BCUT2D eigenvalue weighted by atomic mass is 32.2. The van der Waals surface area contributed by atoms with E-state index in [-0.39, 0.29) is 4.91 Å².